The molecule has 0 atom stereocenters. The molecule has 1 aromatic carbocycles. The second-order valence-corrected chi connectivity index (χ2v) is 2.86. The lowest BCUT2D eigenvalue weighted by Crippen LogP contribution is -2.23. The molecule has 0 aliphatic rings. The van der Waals surface area contributed by atoms with Crippen LogP contribution in [0.15, 0.2) is 18.2 Å². The van der Waals surface area contributed by atoms with Gasteiger partial charge in [0.15, 0.2) is 6.71 Å². The Balaban J connectivity index is 3.08. The summed E-state index contributed by atoms with van der Waals surface area (Å²) in [6.07, 6.45) is 0. The largest absolute Gasteiger partial charge is 0.207 e. The lowest BCUT2D eigenvalue weighted by Gasteiger charge is -2.01. The fraction of sp³-hybridized carbons (Fsp3) is 0.250. The Morgan fingerprint density at radius 3 is 1.82 bits per heavy atom. The van der Waals surface area contributed by atoms with Crippen molar-refractivity contribution in [3.05, 3.63) is 29.8 Å². The van der Waals surface area contributed by atoms with Gasteiger partial charge < -0.3 is 0 Å². The highest BCUT2D eigenvalue weighted by Gasteiger charge is 2.05. The van der Waals surface area contributed by atoms with Gasteiger partial charge >= 0.3 is 0 Å². The number of benzene rings is 1. The van der Waals surface area contributed by atoms with E-state index in [1.807, 2.05) is 13.6 Å². The molecule has 0 saturated heterocycles. The van der Waals surface area contributed by atoms with Gasteiger partial charge in [-0.15, -0.1) is 0 Å². The Kier molecular flexibility index (Phi) is 2.27. The van der Waals surface area contributed by atoms with Crippen molar-refractivity contribution < 1.29 is 8.78 Å². The van der Waals surface area contributed by atoms with Crippen molar-refractivity contribution in [2.75, 3.05) is 0 Å². The minimum absolute atomic E-state index is 0.167. The third kappa shape index (κ3) is 2.04. The highest BCUT2D eigenvalue weighted by molar-refractivity contribution is 6.70. The second-order valence-electron chi connectivity index (χ2n) is 2.86. The van der Waals surface area contributed by atoms with Gasteiger partial charge in [0, 0.05) is 6.07 Å². The van der Waals surface area contributed by atoms with E-state index in [0.29, 0.717) is 5.46 Å². The van der Waals surface area contributed by atoms with Crippen LogP contribution >= 0.6 is 0 Å². The lowest BCUT2D eigenvalue weighted by molar-refractivity contribution is 0.585. The lowest BCUT2D eigenvalue weighted by atomic mass is 9.49. The molecule has 0 nitrogen and oxygen atoms in total. The smallest absolute Gasteiger partial charge is 0.169 e. The molecule has 11 heavy (non-hydrogen) atoms. The van der Waals surface area contributed by atoms with Crippen LogP contribution < -0.4 is 5.46 Å². The Morgan fingerprint density at radius 1 is 1.00 bits per heavy atom. The normalized spacial score (nSPS) is 9.82. The van der Waals surface area contributed by atoms with Gasteiger partial charge in [-0.3, -0.25) is 0 Å². The van der Waals surface area contributed by atoms with Crippen molar-refractivity contribution in [2.24, 2.45) is 0 Å². The molecule has 0 bridgehead atoms. The van der Waals surface area contributed by atoms with Crippen LogP contribution in [0.4, 0.5) is 8.78 Å². The molecular formula is C8H9BF2. The van der Waals surface area contributed by atoms with Gasteiger partial charge in [-0.05, 0) is 12.1 Å². The molecular weight excluding hydrogens is 145 g/mol. The van der Waals surface area contributed by atoms with E-state index in [1.54, 1.807) is 0 Å². The van der Waals surface area contributed by atoms with Crippen LogP contribution in [-0.2, 0) is 0 Å². The maximum Gasteiger partial charge on any atom is 0.169 e. The summed E-state index contributed by atoms with van der Waals surface area (Å²) in [5.74, 6) is -1.01. The van der Waals surface area contributed by atoms with Gasteiger partial charge in [-0.1, -0.05) is 19.1 Å². The molecule has 0 radical (unpaired) electrons. The van der Waals surface area contributed by atoms with Crippen LogP contribution in [0.1, 0.15) is 0 Å². The summed E-state index contributed by atoms with van der Waals surface area (Å²) >= 11 is 0. The van der Waals surface area contributed by atoms with Gasteiger partial charge in [0.05, 0.1) is 0 Å². The van der Waals surface area contributed by atoms with Crippen molar-refractivity contribution in [3.63, 3.8) is 0 Å². The summed E-state index contributed by atoms with van der Waals surface area (Å²) in [7, 11) is 0. The van der Waals surface area contributed by atoms with Crippen LogP contribution in [0.5, 0.6) is 0 Å². The molecule has 0 saturated carbocycles. The molecule has 0 amide bonds. The molecule has 0 aliphatic carbocycles. The van der Waals surface area contributed by atoms with Gasteiger partial charge in [0.25, 0.3) is 0 Å². The predicted octanol–water partition coefficient (Wildman–Crippen LogP) is 1.93. The van der Waals surface area contributed by atoms with E-state index in [4.69, 9.17) is 0 Å². The van der Waals surface area contributed by atoms with E-state index in [2.05, 4.69) is 0 Å². The summed E-state index contributed by atoms with van der Waals surface area (Å²) in [4.78, 5) is 0. The minimum Gasteiger partial charge on any atom is -0.207 e. The van der Waals surface area contributed by atoms with Crippen LogP contribution in [0.25, 0.3) is 0 Å². The quantitative estimate of drug-likeness (QED) is 0.542. The van der Waals surface area contributed by atoms with Gasteiger partial charge in [-0.25, -0.2) is 8.78 Å². The van der Waals surface area contributed by atoms with Gasteiger partial charge in [-0.2, -0.15) is 0 Å². The van der Waals surface area contributed by atoms with Crippen LogP contribution in [0.3, 0.4) is 0 Å². The Morgan fingerprint density at radius 2 is 1.45 bits per heavy atom. The van der Waals surface area contributed by atoms with Crippen molar-refractivity contribution in [2.45, 2.75) is 13.6 Å². The maximum atomic E-state index is 12.5. The van der Waals surface area contributed by atoms with E-state index in [0.717, 1.165) is 6.07 Å². The van der Waals surface area contributed by atoms with E-state index < -0.39 is 11.6 Å². The Hall–Kier alpha value is -0.855. The molecule has 0 aromatic heterocycles. The molecule has 0 unspecified atom stereocenters. The zero-order chi connectivity index (χ0) is 8.43. The van der Waals surface area contributed by atoms with Crippen molar-refractivity contribution in [1.29, 1.82) is 0 Å². The molecule has 0 fully saturated rings. The van der Waals surface area contributed by atoms with Crippen LogP contribution in [0.2, 0.25) is 13.6 Å². The number of hydrogen-bond acceptors (Lipinski definition) is 0. The molecule has 0 aliphatic heterocycles. The van der Waals surface area contributed by atoms with Crippen LogP contribution in [-0.4, -0.2) is 6.71 Å². The summed E-state index contributed by atoms with van der Waals surface area (Å²) in [6, 6.07) is 3.59. The van der Waals surface area contributed by atoms with Crippen molar-refractivity contribution in [3.8, 4) is 0 Å². The van der Waals surface area contributed by atoms with Crippen molar-refractivity contribution in [1.82, 2.24) is 0 Å². The molecule has 3 heteroatoms. The zero-order valence-electron chi connectivity index (χ0n) is 6.57. The Bertz CT molecular complexity index is 238. The number of halogens is 2. The van der Waals surface area contributed by atoms with Gasteiger partial charge in [0.1, 0.15) is 11.6 Å². The fourth-order valence-corrected chi connectivity index (χ4v) is 0.908. The van der Waals surface area contributed by atoms with Crippen molar-refractivity contribution >= 4 is 12.2 Å². The first kappa shape index (κ1) is 8.24. The number of hydrogen-bond donors (Lipinski definition) is 0. The summed E-state index contributed by atoms with van der Waals surface area (Å²) in [5.41, 5.74) is 0.697. The molecule has 0 N–H and O–H groups in total. The zero-order valence-corrected chi connectivity index (χ0v) is 6.57. The van der Waals surface area contributed by atoms with E-state index in [1.165, 1.54) is 12.1 Å². The van der Waals surface area contributed by atoms with E-state index in [9.17, 15) is 8.78 Å². The fourth-order valence-electron chi connectivity index (χ4n) is 0.908. The topological polar surface area (TPSA) is 0 Å². The minimum atomic E-state index is -0.506. The molecule has 0 spiro atoms. The van der Waals surface area contributed by atoms with E-state index >= 15 is 0 Å². The highest BCUT2D eigenvalue weighted by Crippen LogP contribution is 2.00. The maximum absolute atomic E-state index is 12.5. The summed E-state index contributed by atoms with van der Waals surface area (Å²) in [5, 5.41) is 0. The third-order valence-electron chi connectivity index (χ3n) is 1.55. The third-order valence-corrected chi connectivity index (χ3v) is 1.55. The summed E-state index contributed by atoms with van der Waals surface area (Å²) in [6.45, 7) is 3.96. The first-order valence-electron chi connectivity index (χ1n) is 3.55. The summed E-state index contributed by atoms with van der Waals surface area (Å²) < 4.78 is 25.1. The average Bonchev–Trinajstić information content (AvgIpc) is 1.85. The Labute approximate surface area is 65.3 Å². The first-order valence-corrected chi connectivity index (χ1v) is 3.55. The monoisotopic (exact) mass is 154 g/mol. The molecule has 0 heterocycles. The molecule has 58 valence electrons. The standard InChI is InChI=1S/C8H9BF2/c1-9(2)6-3-7(10)5-8(11)4-6/h3-5H,1-2H3. The average molecular weight is 154 g/mol. The SMILES string of the molecule is CB(C)c1cc(F)cc(F)c1. The molecule has 1 aromatic rings. The predicted molar refractivity (Wildman–Crippen MR) is 43.5 cm³/mol. The van der Waals surface area contributed by atoms with Crippen LogP contribution in [0, 0.1) is 11.6 Å². The highest BCUT2D eigenvalue weighted by atomic mass is 19.1. The van der Waals surface area contributed by atoms with E-state index in [-0.39, 0.29) is 6.71 Å². The molecule has 1 rings (SSSR count). The van der Waals surface area contributed by atoms with Gasteiger partial charge in [0.2, 0.25) is 0 Å². The first-order chi connectivity index (χ1) is 5.09. The second kappa shape index (κ2) is 3.03. The number of rotatable bonds is 1.